The van der Waals surface area contributed by atoms with E-state index >= 15 is 0 Å². The number of carbonyl (C=O) groups excluding carboxylic acids is 1. The number of nitrogens with one attached hydrogen (secondary N) is 1. The van der Waals surface area contributed by atoms with Gasteiger partial charge in [-0.05, 0) is 19.3 Å². The van der Waals surface area contributed by atoms with Crippen LogP contribution in [-0.4, -0.2) is 22.2 Å². The van der Waals surface area contributed by atoms with Crippen LogP contribution in [0.1, 0.15) is 33.2 Å². The van der Waals surface area contributed by atoms with Gasteiger partial charge in [-0.25, -0.2) is 0 Å². The first-order valence-corrected chi connectivity index (χ1v) is 6.07. The summed E-state index contributed by atoms with van der Waals surface area (Å²) in [4.78, 5) is 11.8. The second kappa shape index (κ2) is 5.91. The van der Waals surface area contributed by atoms with Crippen LogP contribution in [0, 0.1) is 5.92 Å². The molecule has 1 atom stereocenters. The summed E-state index contributed by atoms with van der Waals surface area (Å²) in [5.41, 5.74) is 5.52. The molecule has 0 radical (unpaired) electrons. The molecule has 1 heterocycles. The van der Waals surface area contributed by atoms with Gasteiger partial charge in [-0.15, -0.1) is 0 Å². The number of aromatic nitrogens is 2. The van der Waals surface area contributed by atoms with Crippen LogP contribution >= 0.6 is 11.6 Å². The predicted octanol–water partition coefficient (Wildman–Crippen LogP) is 1.84. The monoisotopic (exact) mass is 258 g/mol. The Morgan fingerprint density at radius 2 is 2.24 bits per heavy atom. The van der Waals surface area contributed by atoms with Crippen molar-refractivity contribution in [3.05, 3.63) is 11.2 Å². The zero-order chi connectivity index (χ0) is 13.0. The predicted molar refractivity (Wildman–Crippen MR) is 68.8 cm³/mol. The van der Waals surface area contributed by atoms with Crippen LogP contribution in [0.15, 0.2) is 6.20 Å². The summed E-state index contributed by atoms with van der Waals surface area (Å²) in [6, 6.07) is -0.406. The summed E-state index contributed by atoms with van der Waals surface area (Å²) in [7, 11) is 0. The molecule has 5 nitrogen and oxygen atoms in total. The van der Waals surface area contributed by atoms with Crippen LogP contribution in [0.4, 0.5) is 5.82 Å². The van der Waals surface area contributed by atoms with Gasteiger partial charge >= 0.3 is 0 Å². The van der Waals surface area contributed by atoms with E-state index < -0.39 is 6.04 Å². The number of nitrogens with zero attached hydrogens (tertiary/aromatic N) is 2. The molecule has 0 aliphatic rings. The summed E-state index contributed by atoms with van der Waals surface area (Å²) in [6.45, 7) is 6.66. The molecule has 1 unspecified atom stereocenters. The Morgan fingerprint density at radius 3 is 2.71 bits per heavy atom. The van der Waals surface area contributed by atoms with E-state index in [1.54, 1.807) is 13.1 Å². The zero-order valence-corrected chi connectivity index (χ0v) is 11.2. The number of nitrogen functional groups attached to an aromatic ring is 1. The average Bonchev–Trinajstić information content (AvgIpc) is 2.57. The summed E-state index contributed by atoms with van der Waals surface area (Å²) in [5.74, 6) is 0.735. The van der Waals surface area contributed by atoms with Gasteiger partial charge in [0.2, 0.25) is 5.91 Å². The Balaban J connectivity index is 2.52. The standard InChI is InChI=1S/C11H19ClN4O/c1-7(2)4-5-14-11(17)8(3)16-6-9(12)10(13)15-16/h6-8H,4-5H2,1-3H3,(H2,13,15)(H,14,17). The maximum absolute atomic E-state index is 11.8. The van der Waals surface area contributed by atoms with Crippen LogP contribution in [0.25, 0.3) is 0 Å². The number of hydrogen-bond acceptors (Lipinski definition) is 3. The van der Waals surface area contributed by atoms with Crippen molar-refractivity contribution in [3.63, 3.8) is 0 Å². The van der Waals surface area contributed by atoms with Crippen molar-refractivity contribution in [3.8, 4) is 0 Å². The fourth-order valence-corrected chi connectivity index (χ4v) is 1.47. The van der Waals surface area contributed by atoms with E-state index in [0.717, 1.165) is 6.42 Å². The fourth-order valence-electron chi connectivity index (χ4n) is 1.33. The van der Waals surface area contributed by atoms with Gasteiger partial charge in [0, 0.05) is 12.7 Å². The van der Waals surface area contributed by atoms with Crippen molar-refractivity contribution in [1.29, 1.82) is 0 Å². The second-order valence-corrected chi connectivity index (χ2v) is 4.90. The molecule has 1 aromatic rings. The lowest BCUT2D eigenvalue weighted by Crippen LogP contribution is -2.32. The largest absolute Gasteiger partial charge is 0.381 e. The molecule has 0 saturated heterocycles. The van der Waals surface area contributed by atoms with Crippen LogP contribution in [0.5, 0.6) is 0 Å². The number of amides is 1. The van der Waals surface area contributed by atoms with Gasteiger partial charge in [-0.1, -0.05) is 25.4 Å². The highest BCUT2D eigenvalue weighted by Gasteiger charge is 2.16. The smallest absolute Gasteiger partial charge is 0.244 e. The SMILES string of the molecule is CC(C)CCNC(=O)C(C)n1cc(Cl)c(N)n1. The van der Waals surface area contributed by atoms with Crippen molar-refractivity contribution in [2.45, 2.75) is 33.2 Å². The van der Waals surface area contributed by atoms with Gasteiger partial charge in [-0.3, -0.25) is 9.48 Å². The van der Waals surface area contributed by atoms with E-state index in [-0.39, 0.29) is 11.7 Å². The molecule has 0 saturated carbocycles. The molecule has 0 bridgehead atoms. The van der Waals surface area contributed by atoms with Crippen LogP contribution in [0.3, 0.4) is 0 Å². The van der Waals surface area contributed by atoms with E-state index in [2.05, 4.69) is 24.3 Å². The van der Waals surface area contributed by atoms with Gasteiger partial charge in [0.25, 0.3) is 0 Å². The molecule has 3 N–H and O–H groups in total. The van der Waals surface area contributed by atoms with Crippen molar-refractivity contribution in [2.75, 3.05) is 12.3 Å². The normalized spacial score (nSPS) is 12.8. The first kappa shape index (κ1) is 13.8. The first-order chi connectivity index (χ1) is 7.91. The number of carbonyl (C=O) groups is 1. The maximum Gasteiger partial charge on any atom is 0.244 e. The molecule has 0 spiro atoms. The summed E-state index contributed by atoms with van der Waals surface area (Å²) in [6.07, 6.45) is 2.52. The van der Waals surface area contributed by atoms with Crippen molar-refractivity contribution >= 4 is 23.3 Å². The van der Waals surface area contributed by atoms with Gasteiger partial charge in [0.05, 0.1) is 0 Å². The van der Waals surface area contributed by atoms with E-state index in [1.807, 2.05) is 0 Å². The Labute approximate surface area is 106 Å². The second-order valence-electron chi connectivity index (χ2n) is 4.49. The minimum atomic E-state index is -0.406. The number of anilines is 1. The maximum atomic E-state index is 11.8. The number of hydrogen-bond donors (Lipinski definition) is 2. The summed E-state index contributed by atoms with van der Waals surface area (Å²) in [5, 5.41) is 7.20. The Bertz CT molecular complexity index is 369. The molecule has 0 fully saturated rings. The van der Waals surface area contributed by atoms with Gasteiger partial charge in [0.15, 0.2) is 5.82 Å². The highest BCUT2D eigenvalue weighted by molar-refractivity contribution is 6.32. The van der Waals surface area contributed by atoms with E-state index in [9.17, 15) is 4.79 Å². The lowest BCUT2D eigenvalue weighted by atomic mass is 10.1. The van der Waals surface area contributed by atoms with Gasteiger partial charge < -0.3 is 11.1 Å². The van der Waals surface area contributed by atoms with Crippen LogP contribution < -0.4 is 11.1 Å². The number of nitrogens with two attached hydrogens (primary N) is 1. The lowest BCUT2D eigenvalue weighted by molar-refractivity contribution is -0.124. The van der Waals surface area contributed by atoms with Gasteiger partial charge in [-0.2, -0.15) is 5.10 Å². The molecular formula is C11H19ClN4O. The number of rotatable bonds is 5. The van der Waals surface area contributed by atoms with Crippen molar-refractivity contribution in [2.24, 2.45) is 5.92 Å². The zero-order valence-electron chi connectivity index (χ0n) is 10.4. The summed E-state index contributed by atoms with van der Waals surface area (Å²) < 4.78 is 1.47. The van der Waals surface area contributed by atoms with Crippen LogP contribution in [-0.2, 0) is 4.79 Å². The minimum Gasteiger partial charge on any atom is -0.381 e. The highest BCUT2D eigenvalue weighted by atomic mass is 35.5. The third kappa shape index (κ3) is 3.93. The Kier molecular flexibility index (Phi) is 4.81. The van der Waals surface area contributed by atoms with E-state index in [1.165, 1.54) is 4.68 Å². The van der Waals surface area contributed by atoms with Crippen molar-refractivity contribution < 1.29 is 4.79 Å². The first-order valence-electron chi connectivity index (χ1n) is 5.69. The Morgan fingerprint density at radius 1 is 1.59 bits per heavy atom. The molecule has 1 rings (SSSR count). The van der Waals surface area contributed by atoms with Crippen LogP contribution in [0.2, 0.25) is 5.02 Å². The molecule has 1 amide bonds. The van der Waals surface area contributed by atoms with Crippen molar-refractivity contribution in [1.82, 2.24) is 15.1 Å². The molecule has 0 aromatic carbocycles. The fraction of sp³-hybridized carbons (Fsp3) is 0.636. The topological polar surface area (TPSA) is 72.9 Å². The average molecular weight is 259 g/mol. The number of halogens is 1. The van der Waals surface area contributed by atoms with E-state index in [4.69, 9.17) is 17.3 Å². The third-order valence-corrected chi connectivity index (χ3v) is 2.80. The molecule has 0 aliphatic heterocycles. The highest BCUT2D eigenvalue weighted by Crippen LogP contribution is 2.18. The molecule has 17 heavy (non-hydrogen) atoms. The molecule has 6 heteroatoms. The van der Waals surface area contributed by atoms with E-state index in [0.29, 0.717) is 17.5 Å². The quantitative estimate of drug-likeness (QED) is 0.846. The summed E-state index contributed by atoms with van der Waals surface area (Å²) >= 11 is 5.78. The molecule has 96 valence electrons. The lowest BCUT2D eigenvalue weighted by Gasteiger charge is -2.13. The van der Waals surface area contributed by atoms with Gasteiger partial charge in [0.1, 0.15) is 11.1 Å². The minimum absolute atomic E-state index is 0.0789. The third-order valence-electron chi connectivity index (χ3n) is 2.51. The molecule has 1 aromatic heterocycles. The molecular weight excluding hydrogens is 240 g/mol. The molecule has 0 aliphatic carbocycles. The Hall–Kier alpha value is -1.23.